The van der Waals surface area contributed by atoms with Crippen molar-refractivity contribution in [3.8, 4) is 11.1 Å². The largest absolute Gasteiger partial charge is 0.747 e. The first-order valence-corrected chi connectivity index (χ1v) is 12.8. The predicted octanol–water partition coefficient (Wildman–Crippen LogP) is 8.91. The molecule has 3 aromatic carbocycles. The van der Waals surface area contributed by atoms with Gasteiger partial charge in [-0.15, -0.1) is 29.8 Å². The number of unbranched alkanes of at least 4 members (excludes halogenated alkanes) is 2. The second-order valence-electron chi connectivity index (χ2n) is 10.2. The van der Waals surface area contributed by atoms with Crippen LogP contribution in [0.3, 0.4) is 0 Å². The maximum atomic E-state index is 2.36. The number of hydrogen-bond donors (Lipinski definition) is 0. The monoisotopic (exact) mass is 476 g/mol. The second-order valence-corrected chi connectivity index (χ2v) is 14.0. The van der Waals surface area contributed by atoms with Gasteiger partial charge in [0.1, 0.15) is 0 Å². The van der Waals surface area contributed by atoms with E-state index >= 15 is 0 Å². The molecule has 0 saturated heterocycles. The molecule has 0 spiro atoms. The first kappa shape index (κ1) is 27.9. The Morgan fingerprint density at radius 1 is 0.839 bits per heavy atom. The quantitative estimate of drug-likeness (QED) is 0.144. The molecule has 3 aromatic rings. The summed E-state index contributed by atoms with van der Waals surface area (Å²) in [6.45, 7) is 16.4. The van der Waals surface area contributed by atoms with Crippen molar-refractivity contribution in [2.75, 3.05) is 0 Å². The van der Waals surface area contributed by atoms with Crippen LogP contribution in [0.4, 0.5) is 0 Å². The van der Waals surface area contributed by atoms with Gasteiger partial charge in [0.05, 0.1) is 0 Å². The third kappa shape index (κ3) is 9.10. The Morgan fingerprint density at radius 2 is 1.42 bits per heavy atom. The van der Waals surface area contributed by atoms with E-state index in [1.165, 1.54) is 42.4 Å². The van der Waals surface area contributed by atoms with Crippen LogP contribution >= 0.6 is 7.92 Å². The summed E-state index contributed by atoms with van der Waals surface area (Å²) < 4.78 is 0. The molecule has 2 heteroatoms. The van der Waals surface area contributed by atoms with Crippen molar-refractivity contribution < 1.29 is 17.1 Å². The van der Waals surface area contributed by atoms with Crippen LogP contribution < -0.4 is 5.30 Å². The maximum absolute atomic E-state index is 2.36. The van der Waals surface area contributed by atoms with Gasteiger partial charge >= 0.3 is 0 Å². The van der Waals surface area contributed by atoms with E-state index in [2.05, 4.69) is 121 Å². The SMILES string of the molecule is CC(C)(C)P([c-]1[cH-][cH-][cH-][cH-]1)C(C)(C)C.CCCCCc1cccc(-[c-]2cccc2)c1.[Fe]. The van der Waals surface area contributed by atoms with Gasteiger partial charge in [-0.25, -0.2) is 0 Å². The average Bonchev–Trinajstić information content (AvgIpc) is 3.34. The number of rotatable bonds is 6. The van der Waals surface area contributed by atoms with Crippen LogP contribution in [0.2, 0.25) is 0 Å². The molecule has 0 radical (unpaired) electrons. The molecule has 0 aliphatic carbocycles. The summed E-state index contributed by atoms with van der Waals surface area (Å²) >= 11 is 0. The summed E-state index contributed by atoms with van der Waals surface area (Å²) in [5.41, 5.74) is 4.14. The third-order valence-electron chi connectivity index (χ3n) is 5.24. The summed E-state index contributed by atoms with van der Waals surface area (Å²) in [5.74, 6) is 0. The van der Waals surface area contributed by atoms with Crippen LogP contribution in [0.25, 0.3) is 11.1 Å². The summed E-state index contributed by atoms with van der Waals surface area (Å²) in [7, 11) is -0.101. The fourth-order valence-electron chi connectivity index (χ4n) is 4.35. The molecule has 0 amide bonds. The molecule has 31 heavy (non-hydrogen) atoms. The van der Waals surface area contributed by atoms with E-state index in [-0.39, 0.29) is 25.0 Å². The zero-order valence-electron chi connectivity index (χ0n) is 20.6. The van der Waals surface area contributed by atoms with E-state index in [4.69, 9.17) is 0 Å². The smallest absolute Gasteiger partial charge is 0 e. The molecule has 0 saturated carbocycles. The van der Waals surface area contributed by atoms with Crippen LogP contribution in [-0.4, -0.2) is 10.3 Å². The molecular weight excluding hydrogens is 435 g/mol. The average molecular weight is 476 g/mol. The van der Waals surface area contributed by atoms with Crippen LogP contribution in [0, 0.1) is 0 Å². The van der Waals surface area contributed by atoms with E-state index in [9.17, 15) is 0 Å². The Morgan fingerprint density at radius 3 is 1.94 bits per heavy atom. The van der Waals surface area contributed by atoms with E-state index in [1.807, 2.05) is 0 Å². The Balaban J connectivity index is 0.000000303. The molecule has 3 rings (SSSR count). The second kappa shape index (κ2) is 12.8. The molecule has 0 aromatic heterocycles. The molecular formula is C29H41FeP-6. The number of hydrogen-bond acceptors (Lipinski definition) is 0. The molecule has 0 N–H and O–H groups in total. The van der Waals surface area contributed by atoms with E-state index in [1.54, 1.807) is 5.30 Å². The van der Waals surface area contributed by atoms with E-state index < -0.39 is 0 Å². The van der Waals surface area contributed by atoms with Crippen molar-refractivity contribution >= 4 is 13.2 Å². The van der Waals surface area contributed by atoms with Gasteiger partial charge in [0.25, 0.3) is 0 Å². The molecule has 0 fully saturated rings. The summed E-state index contributed by atoms with van der Waals surface area (Å²) in [5, 5.41) is 2.32. The minimum atomic E-state index is -0.101. The first-order chi connectivity index (χ1) is 14.1. The fourth-order valence-corrected chi connectivity index (χ4v) is 8.38. The standard InChI is InChI=1S/C16H19.C13H22P.Fe/c1-2-3-4-8-14-9-7-12-16(13-14)15-10-5-6-11-15;1-12(2,3)14(13(4,5)6)11-9-7-8-10-11;/h5-7,9-13H,2-4,8H2,1H3;7-10H,1-6H3;/q-1;-5;. The van der Waals surface area contributed by atoms with Gasteiger partial charge in [-0.1, -0.05) is 84.6 Å². The van der Waals surface area contributed by atoms with Gasteiger partial charge in [0.2, 0.25) is 0 Å². The minimum absolute atomic E-state index is 0. The minimum Gasteiger partial charge on any atom is -0.747 e. The molecule has 0 nitrogen and oxygen atoms in total. The zero-order chi connectivity index (χ0) is 22.2. The zero-order valence-corrected chi connectivity index (χ0v) is 22.6. The van der Waals surface area contributed by atoms with Crippen LogP contribution in [0.5, 0.6) is 0 Å². The van der Waals surface area contributed by atoms with Gasteiger partial charge < -0.3 is 29.6 Å². The number of aryl methyl sites for hydroxylation is 1. The first-order valence-electron chi connectivity index (χ1n) is 11.5. The Bertz CT molecular complexity index is 816. The fraction of sp³-hybridized carbons (Fsp3) is 0.448. The van der Waals surface area contributed by atoms with Gasteiger partial charge in [-0.05, 0) is 23.2 Å². The molecule has 0 bridgehead atoms. The Labute approximate surface area is 203 Å². The topological polar surface area (TPSA) is 0 Å². The van der Waals surface area contributed by atoms with Crippen molar-refractivity contribution in [1.82, 2.24) is 0 Å². The Hall–Kier alpha value is -1.13. The van der Waals surface area contributed by atoms with Crippen LogP contribution in [0.1, 0.15) is 73.3 Å². The van der Waals surface area contributed by atoms with Gasteiger partial charge in [-0.2, -0.15) is 12.1 Å². The molecule has 176 valence electrons. The van der Waals surface area contributed by atoms with Crippen LogP contribution in [-0.2, 0) is 23.5 Å². The summed E-state index contributed by atoms with van der Waals surface area (Å²) in [6.07, 6.45) is 5.15. The molecule has 0 aliphatic heterocycles. The van der Waals surface area contributed by atoms with Gasteiger partial charge in [0.15, 0.2) is 0 Å². The maximum Gasteiger partial charge on any atom is 0 e. The third-order valence-corrected chi connectivity index (χ3v) is 8.73. The van der Waals surface area contributed by atoms with Gasteiger partial charge in [0, 0.05) is 17.1 Å². The van der Waals surface area contributed by atoms with Crippen molar-refractivity contribution in [3.05, 3.63) is 78.4 Å². The molecule has 0 unspecified atom stereocenters. The predicted molar refractivity (Wildman–Crippen MR) is 139 cm³/mol. The molecule has 0 heterocycles. The Kier molecular flexibility index (Phi) is 11.5. The normalized spacial score (nSPS) is 11.6. The van der Waals surface area contributed by atoms with Crippen molar-refractivity contribution in [3.63, 3.8) is 0 Å². The van der Waals surface area contributed by atoms with Crippen molar-refractivity contribution in [2.24, 2.45) is 0 Å². The molecule has 0 atom stereocenters. The van der Waals surface area contributed by atoms with Crippen molar-refractivity contribution in [2.45, 2.75) is 84.5 Å². The van der Waals surface area contributed by atoms with Crippen molar-refractivity contribution in [1.29, 1.82) is 0 Å². The summed E-state index contributed by atoms with van der Waals surface area (Å²) in [4.78, 5) is 0. The number of benzene rings is 1. The van der Waals surface area contributed by atoms with E-state index in [0.717, 1.165) is 0 Å². The van der Waals surface area contributed by atoms with Gasteiger partial charge in [-0.3, -0.25) is 7.92 Å². The van der Waals surface area contributed by atoms with Crippen LogP contribution in [0.15, 0.2) is 72.8 Å². The molecule has 0 aliphatic rings. The van der Waals surface area contributed by atoms with E-state index in [0.29, 0.717) is 10.3 Å². The summed E-state index contributed by atoms with van der Waals surface area (Å²) in [6, 6.07) is 26.3.